The van der Waals surface area contributed by atoms with Crippen molar-refractivity contribution < 1.29 is 4.79 Å². The van der Waals surface area contributed by atoms with E-state index in [1.807, 2.05) is 26.2 Å². The monoisotopic (exact) mass is 254 g/mol. The topological polar surface area (TPSA) is 32.3 Å². The third-order valence-electron chi connectivity index (χ3n) is 2.44. The van der Waals surface area contributed by atoms with Crippen molar-refractivity contribution in [1.82, 2.24) is 10.2 Å². The Morgan fingerprint density at radius 1 is 1.29 bits per heavy atom. The molecule has 0 unspecified atom stereocenters. The lowest BCUT2D eigenvalue weighted by molar-refractivity contribution is 0.0953. The Morgan fingerprint density at radius 2 is 2.00 bits per heavy atom. The number of unbranched alkanes of at least 4 members (excludes halogenated alkanes) is 1. The summed E-state index contributed by atoms with van der Waals surface area (Å²) in [5, 5.41) is 3.37. The van der Waals surface area contributed by atoms with Gasteiger partial charge in [-0.05, 0) is 45.6 Å². The first-order valence-corrected chi connectivity index (χ1v) is 6.16. The van der Waals surface area contributed by atoms with E-state index in [4.69, 9.17) is 11.6 Å². The van der Waals surface area contributed by atoms with Crippen molar-refractivity contribution in [2.75, 3.05) is 27.2 Å². The first-order valence-electron chi connectivity index (χ1n) is 5.78. The highest BCUT2D eigenvalue weighted by molar-refractivity contribution is 6.33. The van der Waals surface area contributed by atoms with Crippen molar-refractivity contribution in [2.45, 2.75) is 12.8 Å². The largest absolute Gasteiger partial charge is 0.352 e. The van der Waals surface area contributed by atoms with Gasteiger partial charge in [-0.15, -0.1) is 0 Å². The van der Waals surface area contributed by atoms with Crippen molar-refractivity contribution >= 4 is 17.5 Å². The maximum atomic E-state index is 11.8. The van der Waals surface area contributed by atoms with Gasteiger partial charge in [-0.1, -0.05) is 23.7 Å². The standard InChI is InChI=1S/C13H19ClN2O/c1-16(2)10-6-5-9-15-13(17)11-7-3-4-8-12(11)14/h3-4,7-8H,5-6,9-10H2,1-2H3,(H,15,17). The number of amides is 1. The molecule has 17 heavy (non-hydrogen) atoms. The Balaban J connectivity index is 2.29. The zero-order valence-electron chi connectivity index (χ0n) is 10.4. The number of halogens is 1. The predicted octanol–water partition coefficient (Wildman–Crippen LogP) is 2.41. The third-order valence-corrected chi connectivity index (χ3v) is 2.77. The fraction of sp³-hybridized carbons (Fsp3) is 0.462. The molecule has 4 heteroatoms. The molecule has 0 radical (unpaired) electrons. The van der Waals surface area contributed by atoms with Gasteiger partial charge in [0.15, 0.2) is 0 Å². The van der Waals surface area contributed by atoms with E-state index in [0.29, 0.717) is 17.1 Å². The Morgan fingerprint density at radius 3 is 2.65 bits per heavy atom. The zero-order valence-corrected chi connectivity index (χ0v) is 11.1. The van der Waals surface area contributed by atoms with Gasteiger partial charge < -0.3 is 10.2 Å². The van der Waals surface area contributed by atoms with Gasteiger partial charge >= 0.3 is 0 Å². The molecule has 0 spiro atoms. The molecule has 0 aliphatic carbocycles. The van der Waals surface area contributed by atoms with E-state index in [1.165, 1.54) is 0 Å². The Labute approximate surface area is 108 Å². The summed E-state index contributed by atoms with van der Waals surface area (Å²) < 4.78 is 0. The van der Waals surface area contributed by atoms with E-state index < -0.39 is 0 Å². The Bertz CT molecular complexity index is 366. The van der Waals surface area contributed by atoms with Gasteiger partial charge in [0.2, 0.25) is 0 Å². The lowest BCUT2D eigenvalue weighted by atomic mass is 10.2. The molecule has 0 heterocycles. The van der Waals surface area contributed by atoms with E-state index >= 15 is 0 Å². The summed E-state index contributed by atoms with van der Waals surface area (Å²) in [6.45, 7) is 1.74. The van der Waals surface area contributed by atoms with Crippen LogP contribution in [0.3, 0.4) is 0 Å². The highest BCUT2D eigenvalue weighted by Crippen LogP contribution is 2.14. The molecule has 3 nitrogen and oxygen atoms in total. The molecule has 1 aromatic carbocycles. The maximum absolute atomic E-state index is 11.8. The number of carbonyl (C=O) groups is 1. The number of carbonyl (C=O) groups excluding carboxylic acids is 1. The number of nitrogens with one attached hydrogen (secondary N) is 1. The fourth-order valence-electron chi connectivity index (χ4n) is 1.50. The van der Waals surface area contributed by atoms with Crippen molar-refractivity contribution in [3.8, 4) is 0 Å². The first kappa shape index (κ1) is 14.0. The van der Waals surface area contributed by atoms with Crippen LogP contribution in [0.15, 0.2) is 24.3 Å². The van der Waals surface area contributed by atoms with E-state index in [0.717, 1.165) is 19.4 Å². The molecule has 0 aliphatic rings. The van der Waals surface area contributed by atoms with Crippen LogP contribution in [0.4, 0.5) is 0 Å². The SMILES string of the molecule is CN(C)CCCCNC(=O)c1ccccc1Cl. The molecular formula is C13H19ClN2O. The Hall–Kier alpha value is -1.06. The number of benzene rings is 1. The average molecular weight is 255 g/mol. The van der Waals surface area contributed by atoms with Crippen LogP contribution in [-0.2, 0) is 0 Å². The molecule has 1 aromatic rings. The third kappa shape index (κ3) is 5.20. The minimum Gasteiger partial charge on any atom is -0.352 e. The molecule has 1 amide bonds. The number of nitrogens with zero attached hydrogens (tertiary/aromatic N) is 1. The molecule has 0 fully saturated rings. The molecule has 0 atom stereocenters. The van der Waals surface area contributed by atoms with Crippen LogP contribution in [-0.4, -0.2) is 38.0 Å². The quantitative estimate of drug-likeness (QED) is 0.791. The molecule has 0 saturated heterocycles. The van der Waals surface area contributed by atoms with Gasteiger partial charge in [0.25, 0.3) is 5.91 Å². The summed E-state index contributed by atoms with van der Waals surface area (Å²) in [7, 11) is 4.09. The summed E-state index contributed by atoms with van der Waals surface area (Å²) in [4.78, 5) is 13.9. The summed E-state index contributed by atoms with van der Waals surface area (Å²) in [6.07, 6.45) is 2.06. The lowest BCUT2D eigenvalue weighted by Gasteiger charge is -2.09. The van der Waals surface area contributed by atoms with Crippen LogP contribution < -0.4 is 5.32 Å². The zero-order chi connectivity index (χ0) is 12.7. The second-order valence-corrected chi connectivity index (χ2v) is 4.65. The first-order chi connectivity index (χ1) is 8.11. The minimum absolute atomic E-state index is 0.0968. The van der Waals surface area contributed by atoms with Gasteiger partial charge in [-0.3, -0.25) is 4.79 Å². The van der Waals surface area contributed by atoms with Crippen LogP contribution in [0.2, 0.25) is 5.02 Å². The van der Waals surface area contributed by atoms with Crippen LogP contribution in [0.5, 0.6) is 0 Å². The maximum Gasteiger partial charge on any atom is 0.252 e. The highest BCUT2D eigenvalue weighted by atomic mass is 35.5. The summed E-state index contributed by atoms with van der Waals surface area (Å²) in [5.74, 6) is -0.0968. The van der Waals surface area contributed by atoms with Crippen molar-refractivity contribution in [1.29, 1.82) is 0 Å². The van der Waals surface area contributed by atoms with Crippen LogP contribution in [0.25, 0.3) is 0 Å². The molecule has 0 saturated carbocycles. The second kappa shape index (κ2) is 7.30. The minimum atomic E-state index is -0.0968. The molecule has 1 N–H and O–H groups in total. The van der Waals surface area contributed by atoms with Crippen molar-refractivity contribution in [3.63, 3.8) is 0 Å². The number of hydrogen-bond acceptors (Lipinski definition) is 2. The lowest BCUT2D eigenvalue weighted by Crippen LogP contribution is -2.25. The normalized spacial score (nSPS) is 10.6. The summed E-state index contributed by atoms with van der Waals surface area (Å²) in [5.41, 5.74) is 0.543. The van der Waals surface area contributed by atoms with Gasteiger partial charge in [-0.25, -0.2) is 0 Å². The molecule has 1 rings (SSSR count). The van der Waals surface area contributed by atoms with Gasteiger partial charge in [0.05, 0.1) is 10.6 Å². The van der Waals surface area contributed by atoms with E-state index in [-0.39, 0.29) is 5.91 Å². The van der Waals surface area contributed by atoms with Gasteiger partial charge in [-0.2, -0.15) is 0 Å². The van der Waals surface area contributed by atoms with Crippen LogP contribution in [0.1, 0.15) is 23.2 Å². The highest BCUT2D eigenvalue weighted by Gasteiger charge is 2.07. The molecule has 94 valence electrons. The summed E-state index contributed by atoms with van der Waals surface area (Å²) in [6, 6.07) is 7.09. The van der Waals surface area contributed by atoms with Gasteiger partial charge in [0.1, 0.15) is 0 Å². The molecule has 0 bridgehead atoms. The van der Waals surface area contributed by atoms with E-state index in [1.54, 1.807) is 12.1 Å². The predicted molar refractivity (Wildman–Crippen MR) is 71.6 cm³/mol. The molecular weight excluding hydrogens is 236 g/mol. The van der Waals surface area contributed by atoms with Crippen LogP contribution in [0, 0.1) is 0 Å². The van der Waals surface area contributed by atoms with Crippen molar-refractivity contribution in [3.05, 3.63) is 34.9 Å². The van der Waals surface area contributed by atoms with E-state index in [2.05, 4.69) is 10.2 Å². The Kier molecular flexibility index (Phi) is 6.01. The number of hydrogen-bond donors (Lipinski definition) is 1. The van der Waals surface area contributed by atoms with E-state index in [9.17, 15) is 4.79 Å². The smallest absolute Gasteiger partial charge is 0.252 e. The van der Waals surface area contributed by atoms with Crippen LogP contribution >= 0.6 is 11.6 Å². The average Bonchev–Trinajstić information content (AvgIpc) is 2.28. The molecule has 0 aromatic heterocycles. The fourth-order valence-corrected chi connectivity index (χ4v) is 1.72. The van der Waals surface area contributed by atoms with Crippen molar-refractivity contribution in [2.24, 2.45) is 0 Å². The molecule has 0 aliphatic heterocycles. The number of rotatable bonds is 6. The summed E-state index contributed by atoms with van der Waals surface area (Å²) >= 11 is 5.93. The van der Waals surface area contributed by atoms with Gasteiger partial charge in [0, 0.05) is 6.54 Å². The second-order valence-electron chi connectivity index (χ2n) is 4.25.